The Morgan fingerprint density at radius 2 is 2.09 bits per heavy atom. The molecule has 2 aromatic heterocycles. The number of aliphatic hydroxyl groups is 1. The molecule has 0 saturated heterocycles. The number of nitrogens with one attached hydrogen (secondary N) is 3. The molecule has 0 radical (unpaired) electrons. The molecule has 1 aliphatic carbocycles. The maximum Gasteiger partial charge on any atom is 0.140 e. The Morgan fingerprint density at radius 3 is 2.85 bits per heavy atom. The molecule has 9 heteroatoms. The van der Waals surface area contributed by atoms with Crippen LogP contribution >= 0.6 is 11.3 Å². The number of benzene rings is 1. The lowest BCUT2D eigenvalue weighted by molar-refractivity contribution is -0.00238. The van der Waals surface area contributed by atoms with Crippen LogP contribution in [-0.4, -0.2) is 46.1 Å². The topological polar surface area (TPSA) is 82.1 Å². The Kier molecular flexibility index (Phi) is 7.41. The number of pyridine rings is 1. The van der Waals surface area contributed by atoms with Crippen molar-refractivity contribution >= 4 is 38.7 Å². The SMILES string of the molecule is CC(C)(O)C(F)CNCc1cnc(Nc2ccc3ncsc3c2)cc1NCC1CCCC1F. The van der Waals surface area contributed by atoms with E-state index in [0.717, 1.165) is 40.0 Å². The van der Waals surface area contributed by atoms with Crippen molar-refractivity contribution in [1.82, 2.24) is 15.3 Å². The zero-order chi connectivity index (χ0) is 23.4. The van der Waals surface area contributed by atoms with E-state index in [2.05, 4.69) is 25.9 Å². The van der Waals surface area contributed by atoms with Gasteiger partial charge in [-0.1, -0.05) is 6.42 Å². The molecule has 1 aliphatic rings. The van der Waals surface area contributed by atoms with Crippen molar-refractivity contribution < 1.29 is 13.9 Å². The number of fused-ring (bicyclic) bond motifs is 1. The van der Waals surface area contributed by atoms with E-state index in [4.69, 9.17) is 0 Å². The van der Waals surface area contributed by atoms with Crippen LogP contribution < -0.4 is 16.0 Å². The molecule has 2 heterocycles. The van der Waals surface area contributed by atoms with Crippen LogP contribution in [-0.2, 0) is 6.54 Å². The first-order valence-electron chi connectivity index (χ1n) is 11.3. The number of thiazole rings is 1. The summed E-state index contributed by atoms with van der Waals surface area (Å²) in [6.07, 6.45) is 1.99. The van der Waals surface area contributed by atoms with Gasteiger partial charge >= 0.3 is 0 Å². The predicted octanol–water partition coefficient (Wildman–Crippen LogP) is 5.18. The van der Waals surface area contributed by atoms with Gasteiger partial charge in [0.05, 0.1) is 21.3 Å². The number of halogens is 2. The first-order chi connectivity index (χ1) is 15.8. The number of nitrogens with zero attached hydrogens (tertiary/aromatic N) is 2. The minimum atomic E-state index is -1.40. The fraction of sp³-hybridized carbons (Fsp3) is 0.500. The molecular weight excluding hydrogens is 444 g/mol. The van der Waals surface area contributed by atoms with E-state index in [1.807, 2.05) is 29.8 Å². The third-order valence-corrected chi connectivity index (χ3v) is 6.91. The van der Waals surface area contributed by atoms with Gasteiger partial charge in [0.15, 0.2) is 0 Å². The lowest BCUT2D eigenvalue weighted by atomic mass is 10.0. The number of hydrogen-bond acceptors (Lipinski definition) is 7. The largest absolute Gasteiger partial charge is 0.387 e. The Morgan fingerprint density at radius 1 is 1.24 bits per heavy atom. The van der Waals surface area contributed by atoms with Crippen molar-refractivity contribution in [2.24, 2.45) is 5.92 Å². The van der Waals surface area contributed by atoms with E-state index in [1.165, 1.54) is 13.8 Å². The summed E-state index contributed by atoms with van der Waals surface area (Å²) < 4.78 is 29.3. The normalized spacial score (nSPS) is 19.7. The van der Waals surface area contributed by atoms with Crippen molar-refractivity contribution in [3.05, 3.63) is 41.5 Å². The molecule has 3 atom stereocenters. The lowest BCUT2D eigenvalue weighted by Gasteiger charge is -2.23. The zero-order valence-corrected chi connectivity index (χ0v) is 19.8. The molecule has 0 aliphatic heterocycles. The first kappa shape index (κ1) is 23.8. The van der Waals surface area contributed by atoms with Gasteiger partial charge in [-0.15, -0.1) is 11.3 Å². The fourth-order valence-electron chi connectivity index (χ4n) is 3.98. The molecule has 4 N–H and O–H groups in total. The van der Waals surface area contributed by atoms with Gasteiger partial charge in [0.2, 0.25) is 0 Å². The van der Waals surface area contributed by atoms with Crippen molar-refractivity contribution in [2.75, 3.05) is 23.7 Å². The van der Waals surface area contributed by atoms with E-state index >= 15 is 0 Å². The standard InChI is InChI=1S/C24H31F2N5OS/c1-24(2,32)22(26)13-27-10-16-12-29-23(9-20(16)28-11-15-4-3-5-18(15)25)31-17-6-7-19-21(8-17)33-14-30-19/h6-9,12,14-15,18,22,27,32H,3-5,10-11,13H2,1-2H3,(H2,28,29,31). The maximum absolute atomic E-state index is 14.1. The summed E-state index contributed by atoms with van der Waals surface area (Å²) in [7, 11) is 0. The molecule has 178 valence electrons. The number of rotatable bonds is 10. The van der Waals surface area contributed by atoms with Gasteiger partial charge in [0.1, 0.15) is 18.2 Å². The molecule has 1 fully saturated rings. The van der Waals surface area contributed by atoms with Gasteiger partial charge < -0.3 is 21.1 Å². The number of anilines is 3. The Hall–Kier alpha value is -2.36. The number of aromatic nitrogens is 2. The van der Waals surface area contributed by atoms with Crippen LogP contribution in [0.5, 0.6) is 0 Å². The first-order valence-corrected chi connectivity index (χ1v) is 12.2. The molecule has 0 amide bonds. The van der Waals surface area contributed by atoms with Crippen LogP contribution in [0.1, 0.15) is 38.7 Å². The Labute approximate surface area is 196 Å². The monoisotopic (exact) mass is 475 g/mol. The van der Waals surface area contributed by atoms with E-state index in [9.17, 15) is 13.9 Å². The summed E-state index contributed by atoms with van der Waals surface area (Å²) in [4.78, 5) is 8.82. The highest BCUT2D eigenvalue weighted by atomic mass is 32.1. The average molecular weight is 476 g/mol. The predicted molar refractivity (Wildman–Crippen MR) is 131 cm³/mol. The lowest BCUT2D eigenvalue weighted by Crippen LogP contribution is -2.40. The highest BCUT2D eigenvalue weighted by Crippen LogP contribution is 2.30. The number of alkyl halides is 2. The van der Waals surface area contributed by atoms with Crippen LogP contribution in [0.15, 0.2) is 36.0 Å². The van der Waals surface area contributed by atoms with Gasteiger partial charge in [0, 0.05) is 54.8 Å². The van der Waals surface area contributed by atoms with E-state index < -0.39 is 17.9 Å². The molecule has 4 rings (SSSR count). The maximum atomic E-state index is 14.1. The van der Waals surface area contributed by atoms with Gasteiger partial charge in [-0.25, -0.2) is 18.7 Å². The van der Waals surface area contributed by atoms with Crippen LogP contribution in [0, 0.1) is 5.92 Å². The second-order valence-electron chi connectivity index (χ2n) is 9.23. The van der Waals surface area contributed by atoms with E-state index in [-0.39, 0.29) is 12.5 Å². The molecule has 0 spiro atoms. The second-order valence-corrected chi connectivity index (χ2v) is 10.1. The van der Waals surface area contributed by atoms with E-state index in [1.54, 1.807) is 17.5 Å². The van der Waals surface area contributed by atoms with Crippen LogP contribution in [0.25, 0.3) is 10.2 Å². The highest BCUT2D eigenvalue weighted by Gasteiger charge is 2.27. The molecule has 0 bridgehead atoms. The van der Waals surface area contributed by atoms with Crippen molar-refractivity contribution in [1.29, 1.82) is 0 Å². The molecule has 1 saturated carbocycles. The van der Waals surface area contributed by atoms with Gasteiger partial charge in [0.25, 0.3) is 0 Å². The Balaban J connectivity index is 1.48. The van der Waals surface area contributed by atoms with E-state index in [0.29, 0.717) is 25.3 Å². The van der Waals surface area contributed by atoms with Gasteiger partial charge in [-0.05, 0) is 44.9 Å². The molecule has 1 aromatic carbocycles. The molecule has 33 heavy (non-hydrogen) atoms. The van der Waals surface area contributed by atoms with Gasteiger partial charge in [-0.2, -0.15) is 0 Å². The minimum absolute atomic E-state index is 0.00507. The van der Waals surface area contributed by atoms with Crippen LogP contribution in [0.3, 0.4) is 0 Å². The summed E-state index contributed by atoms with van der Waals surface area (Å²) in [5.41, 5.74) is 3.96. The third kappa shape index (κ3) is 6.16. The Bertz CT molecular complexity index is 1070. The summed E-state index contributed by atoms with van der Waals surface area (Å²) >= 11 is 1.58. The van der Waals surface area contributed by atoms with Crippen molar-refractivity contribution in [3.63, 3.8) is 0 Å². The molecule has 3 aromatic rings. The summed E-state index contributed by atoms with van der Waals surface area (Å²) in [6.45, 7) is 3.84. The summed E-state index contributed by atoms with van der Waals surface area (Å²) in [6, 6.07) is 7.85. The summed E-state index contributed by atoms with van der Waals surface area (Å²) in [5, 5.41) is 19.6. The highest BCUT2D eigenvalue weighted by molar-refractivity contribution is 7.16. The molecular formula is C24H31F2N5OS. The van der Waals surface area contributed by atoms with Crippen LogP contribution in [0.4, 0.5) is 26.0 Å². The number of hydrogen-bond donors (Lipinski definition) is 4. The second kappa shape index (κ2) is 10.3. The van der Waals surface area contributed by atoms with Crippen LogP contribution in [0.2, 0.25) is 0 Å². The van der Waals surface area contributed by atoms with Gasteiger partial charge in [-0.3, -0.25) is 0 Å². The third-order valence-electron chi connectivity index (χ3n) is 6.12. The van der Waals surface area contributed by atoms with Crippen molar-refractivity contribution in [2.45, 2.75) is 57.6 Å². The fourth-order valence-corrected chi connectivity index (χ4v) is 4.70. The smallest absolute Gasteiger partial charge is 0.140 e. The molecule has 3 unspecified atom stereocenters. The average Bonchev–Trinajstić information content (AvgIpc) is 3.40. The molecule has 6 nitrogen and oxygen atoms in total. The quantitative estimate of drug-likeness (QED) is 0.323. The minimum Gasteiger partial charge on any atom is -0.387 e. The zero-order valence-electron chi connectivity index (χ0n) is 18.9. The summed E-state index contributed by atoms with van der Waals surface area (Å²) in [5.74, 6) is 0.655. The van der Waals surface area contributed by atoms with Crippen molar-refractivity contribution in [3.8, 4) is 0 Å².